The Bertz CT molecular complexity index is 1080. The Labute approximate surface area is 161 Å². The topological polar surface area (TPSA) is 58.4 Å². The molecule has 1 aliphatic rings. The zero-order valence-electron chi connectivity index (χ0n) is 14.8. The number of aromatic nitrogens is 1. The van der Waals surface area contributed by atoms with Gasteiger partial charge in [0.25, 0.3) is 11.9 Å². The lowest BCUT2D eigenvalue weighted by atomic mass is 10.1. The Balaban J connectivity index is 1.49. The number of hydrogen-bond donors (Lipinski definition) is 1. The number of benzene rings is 2. The van der Waals surface area contributed by atoms with Crippen molar-refractivity contribution in [2.45, 2.75) is 18.6 Å². The molecule has 0 radical (unpaired) electrons. The van der Waals surface area contributed by atoms with Crippen LogP contribution in [-0.4, -0.2) is 34.9 Å². The van der Waals surface area contributed by atoms with Gasteiger partial charge in [-0.1, -0.05) is 12.1 Å². The normalized spacial score (nSPS) is 17.1. The molecule has 1 amide bonds. The van der Waals surface area contributed by atoms with E-state index >= 15 is 0 Å². The first-order valence-electron chi connectivity index (χ1n) is 8.70. The van der Waals surface area contributed by atoms with E-state index in [-0.39, 0.29) is 36.2 Å². The maximum absolute atomic E-state index is 13.7. The minimum atomic E-state index is -4.64. The molecule has 1 N–H and O–H groups in total. The molecule has 2 heterocycles. The number of oxazole rings is 1. The first-order chi connectivity index (χ1) is 13.7. The average molecular weight is 411 g/mol. The molecule has 1 atom stereocenters. The quantitative estimate of drug-likeness (QED) is 0.647. The number of nitrogens with one attached hydrogen (secondary N) is 1. The molecular formula is C19H14F5N3O2. The predicted octanol–water partition coefficient (Wildman–Crippen LogP) is 4.45. The van der Waals surface area contributed by atoms with Gasteiger partial charge in [-0.3, -0.25) is 4.79 Å². The molecule has 0 unspecified atom stereocenters. The van der Waals surface area contributed by atoms with Crippen molar-refractivity contribution < 1.29 is 31.2 Å². The molecule has 3 aromatic rings. The number of anilines is 1. The summed E-state index contributed by atoms with van der Waals surface area (Å²) in [5, 5.41) is 2.88. The summed E-state index contributed by atoms with van der Waals surface area (Å²) in [6.07, 6.45) is -4.21. The molecule has 0 bridgehead atoms. The van der Waals surface area contributed by atoms with Crippen LogP contribution in [0.2, 0.25) is 0 Å². The van der Waals surface area contributed by atoms with Gasteiger partial charge in [-0.2, -0.15) is 22.5 Å². The van der Waals surface area contributed by atoms with Crippen LogP contribution in [0.5, 0.6) is 0 Å². The summed E-state index contributed by atoms with van der Waals surface area (Å²) < 4.78 is 71.7. The largest absolute Gasteiger partial charge is 0.420 e. The van der Waals surface area contributed by atoms with Gasteiger partial charge in [-0.15, -0.1) is 0 Å². The first kappa shape index (κ1) is 19.2. The van der Waals surface area contributed by atoms with E-state index in [2.05, 4.69) is 10.3 Å². The second-order valence-electron chi connectivity index (χ2n) is 6.65. The number of hydrogen-bond acceptors (Lipinski definition) is 4. The molecule has 2 aromatic carbocycles. The zero-order chi connectivity index (χ0) is 20.8. The second kappa shape index (κ2) is 7.02. The fourth-order valence-electron chi connectivity index (χ4n) is 3.32. The van der Waals surface area contributed by atoms with Gasteiger partial charge in [0.1, 0.15) is 5.52 Å². The van der Waals surface area contributed by atoms with Crippen molar-refractivity contribution in [1.29, 1.82) is 0 Å². The van der Waals surface area contributed by atoms with Gasteiger partial charge >= 0.3 is 6.18 Å². The molecule has 5 nitrogen and oxygen atoms in total. The number of carbonyl (C=O) groups excluding carboxylic acids is 1. The number of amides is 1. The SMILES string of the molecule is O=C(c1ccccc1C(F)(F)F)N1CC[C@@H](Nc2nc3ccc(F)c(F)c3o2)C1. The number of halogens is 5. The van der Waals surface area contributed by atoms with Crippen LogP contribution in [0.4, 0.5) is 28.0 Å². The lowest BCUT2D eigenvalue weighted by Crippen LogP contribution is -2.33. The molecule has 0 aliphatic carbocycles. The summed E-state index contributed by atoms with van der Waals surface area (Å²) in [6, 6.07) is 6.38. The Morgan fingerprint density at radius 2 is 1.93 bits per heavy atom. The zero-order valence-corrected chi connectivity index (χ0v) is 14.8. The van der Waals surface area contributed by atoms with Crippen molar-refractivity contribution in [2.24, 2.45) is 0 Å². The number of likely N-dealkylation sites (tertiary alicyclic amines) is 1. The molecule has 10 heteroatoms. The van der Waals surface area contributed by atoms with Crippen molar-refractivity contribution in [3.8, 4) is 0 Å². The lowest BCUT2D eigenvalue weighted by molar-refractivity contribution is -0.138. The smallest absolute Gasteiger partial charge is 0.417 e. The van der Waals surface area contributed by atoms with E-state index in [1.165, 1.54) is 23.1 Å². The number of carbonyl (C=O) groups is 1. The highest BCUT2D eigenvalue weighted by Crippen LogP contribution is 2.33. The van der Waals surface area contributed by atoms with Crippen LogP contribution in [0.25, 0.3) is 11.1 Å². The molecule has 1 aromatic heterocycles. The van der Waals surface area contributed by atoms with Crippen LogP contribution in [0.15, 0.2) is 40.8 Å². The Kier molecular flexibility index (Phi) is 4.64. The van der Waals surface area contributed by atoms with Gasteiger partial charge < -0.3 is 14.6 Å². The van der Waals surface area contributed by atoms with Gasteiger partial charge in [0, 0.05) is 19.1 Å². The van der Waals surface area contributed by atoms with Gasteiger partial charge in [-0.05, 0) is 30.7 Å². The third kappa shape index (κ3) is 3.62. The minimum Gasteiger partial charge on any atom is -0.420 e. The maximum Gasteiger partial charge on any atom is 0.417 e. The summed E-state index contributed by atoms with van der Waals surface area (Å²) in [6.45, 7) is 0.340. The molecular weight excluding hydrogens is 397 g/mol. The molecule has 1 fully saturated rings. The third-order valence-electron chi connectivity index (χ3n) is 4.72. The summed E-state index contributed by atoms with van der Waals surface area (Å²) >= 11 is 0. The molecule has 4 rings (SSSR count). The van der Waals surface area contributed by atoms with Gasteiger partial charge in [0.05, 0.1) is 11.1 Å². The highest BCUT2D eigenvalue weighted by Gasteiger charge is 2.37. The van der Waals surface area contributed by atoms with E-state index in [4.69, 9.17) is 4.42 Å². The molecule has 1 aliphatic heterocycles. The predicted molar refractivity (Wildman–Crippen MR) is 93.3 cm³/mol. The summed E-state index contributed by atoms with van der Waals surface area (Å²) in [7, 11) is 0. The van der Waals surface area contributed by atoms with Crippen LogP contribution in [-0.2, 0) is 6.18 Å². The maximum atomic E-state index is 13.7. The van der Waals surface area contributed by atoms with Crippen LogP contribution in [0.1, 0.15) is 22.3 Å². The molecule has 1 saturated heterocycles. The number of rotatable bonds is 3. The first-order valence-corrected chi connectivity index (χ1v) is 8.70. The van der Waals surface area contributed by atoms with E-state index in [1.807, 2.05) is 0 Å². The van der Waals surface area contributed by atoms with E-state index in [0.29, 0.717) is 6.42 Å². The van der Waals surface area contributed by atoms with Crippen molar-refractivity contribution >= 4 is 23.0 Å². The van der Waals surface area contributed by atoms with Gasteiger partial charge in [0.2, 0.25) is 5.82 Å². The van der Waals surface area contributed by atoms with E-state index in [0.717, 1.165) is 18.2 Å². The van der Waals surface area contributed by atoms with Crippen LogP contribution in [0, 0.1) is 11.6 Å². The third-order valence-corrected chi connectivity index (χ3v) is 4.72. The molecule has 0 spiro atoms. The molecule has 152 valence electrons. The number of nitrogens with zero attached hydrogens (tertiary/aromatic N) is 2. The molecule has 29 heavy (non-hydrogen) atoms. The average Bonchev–Trinajstić information content (AvgIpc) is 3.31. The van der Waals surface area contributed by atoms with Crippen molar-refractivity contribution in [3.05, 3.63) is 59.2 Å². The van der Waals surface area contributed by atoms with Gasteiger partial charge in [0.15, 0.2) is 11.4 Å². The summed E-state index contributed by atoms with van der Waals surface area (Å²) in [5.74, 6) is -2.95. The van der Waals surface area contributed by atoms with Crippen molar-refractivity contribution in [3.63, 3.8) is 0 Å². The Hall–Kier alpha value is -3.17. The van der Waals surface area contributed by atoms with Crippen molar-refractivity contribution in [2.75, 3.05) is 18.4 Å². The van der Waals surface area contributed by atoms with Crippen LogP contribution in [0.3, 0.4) is 0 Å². The van der Waals surface area contributed by atoms with Crippen LogP contribution < -0.4 is 5.32 Å². The van der Waals surface area contributed by atoms with Crippen molar-refractivity contribution in [1.82, 2.24) is 9.88 Å². The highest BCUT2D eigenvalue weighted by atomic mass is 19.4. The van der Waals surface area contributed by atoms with Gasteiger partial charge in [-0.25, -0.2) is 4.39 Å². The van der Waals surface area contributed by atoms with Crippen LogP contribution >= 0.6 is 0 Å². The Morgan fingerprint density at radius 3 is 2.69 bits per heavy atom. The Morgan fingerprint density at radius 1 is 1.17 bits per heavy atom. The van der Waals surface area contributed by atoms with E-state index in [9.17, 15) is 26.7 Å². The number of fused-ring (bicyclic) bond motifs is 1. The second-order valence-corrected chi connectivity index (χ2v) is 6.65. The monoisotopic (exact) mass is 411 g/mol. The van der Waals surface area contributed by atoms with E-state index < -0.39 is 34.8 Å². The minimum absolute atomic E-state index is 0.0560. The standard InChI is InChI=1S/C19H14F5N3O2/c20-13-5-6-14-16(15(13)21)29-18(26-14)25-10-7-8-27(9-10)17(28)11-3-1-2-4-12(11)19(22,23)24/h1-6,10H,7-9H2,(H,25,26)/t10-/m1/s1. The fourth-order valence-corrected chi connectivity index (χ4v) is 3.32. The summed E-state index contributed by atoms with van der Waals surface area (Å²) in [4.78, 5) is 17.9. The highest BCUT2D eigenvalue weighted by molar-refractivity contribution is 5.96. The number of alkyl halides is 3. The molecule has 0 saturated carbocycles. The fraction of sp³-hybridized carbons (Fsp3) is 0.263. The van der Waals surface area contributed by atoms with E-state index in [1.54, 1.807) is 0 Å². The lowest BCUT2D eigenvalue weighted by Gasteiger charge is -2.19. The summed E-state index contributed by atoms with van der Waals surface area (Å²) in [5.41, 5.74) is -1.62.